The van der Waals surface area contributed by atoms with Crippen LogP contribution in [0.5, 0.6) is 0 Å². The summed E-state index contributed by atoms with van der Waals surface area (Å²) in [6, 6.07) is 42.0. The summed E-state index contributed by atoms with van der Waals surface area (Å²) in [7, 11) is 0. The van der Waals surface area contributed by atoms with Crippen LogP contribution >= 0.6 is 17.2 Å². The molecule has 0 heterocycles. The minimum absolute atomic E-state index is 0.397. The van der Waals surface area contributed by atoms with Crippen LogP contribution < -0.4 is 15.9 Å². The third-order valence-corrected chi connectivity index (χ3v) is 12.8. The Morgan fingerprint density at radius 2 is 1.03 bits per heavy atom. The first kappa shape index (κ1) is 20.4. The molecule has 0 aliphatic carbocycles. The summed E-state index contributed by atoms with van der Waals surface area (Å²) >= 11 is 8.10. The average Bonchev–Trinajstić information content (AvgIpc) is 2.81. The van der Waals surface area contributed by atoms with Gasteiger partial charge in [-0.2, -0.15) is 0 Å². The standard InChI is InChI=1S/C27H23ClNP/c28-30(25-13-4-1-5-14-25,26-15-6-2-7-16-26,27-17-8-3-9-18-27)22-24-12-10-11-23(21-24)19-20-29/h1-18,21H,19,22H2. The SMILES string of the molecule is N#CCc1cccc(CP(Cl)(c2ccccc2)(c2ccccc2)c2ccccc2)c1. The van der Waals surface area contributed by atoms with Crippen molar-refractivity contribution >= 4 is 33.1 Å². The Balaban J connectivity index is 2.04. The Kier molecular flexibility index (Phi) is 5.74. The summed E-state index contributed by atoms with van der Waals surface area (Å²) < 4.78 is 0. The van der Waals surface area contributed by atoms with E-state index in [1.807, 2.05) is 30.3 Å². The molecule has 4 aromatic rings. The van der Waals surface area contributed by atoms with Gasteiger partial charge in [0.05, 0.1) is 0 Å². The molecule has 148 valence electrons. The third-order valence-electron chi connectivity index (χ3n) is 5.64. The van der Waals surface area contributed by atoms with Crippen LogP contribution in [0.1, 0.15) is 11.1 Å². The zero-order valence-corrected chi connectivity index (χ0v) is 18.3. The summed E-state index contributed by atoms with van der Waals surface area (Å²) in [6.07, 6.45) is 1.08. The fourth-order valence-electron chi connectivity index (χ4n) is 4.21. The quantitative estimate of drug-likeness (QED) is 0.349. The summed E-state index contributed by atoms with van der Waals surface area (Å²) in [4.78, 5) is 0. The number of hydrogen-bond acceptors (Lipinski definition) is 1. The van der Waals surface area contributed by atoms with Crippen LogP contribution in [0.25, 0.3) is 0 Å². The number of halogens is 1. The van der Waals surface area contributed by atoms with Crippen LogP contribution in [-0.4, -0.2) is 0 Å². The van der Waals surface area contributed by atoms with Gasteiger partial charge in [0.15, 0.2) is 0 Å². The van der Waals surface area contributed by atoms with E-state index in [1.54, 1.807) is 0 Å². The zero-order valence-electron chi connectivity index (χ0n) is 16.7. The molecule has 3 heteroatoms. The zero-order chi connectivity index (χ0) is 20.9. The molecule has 0 aliphatic rings. The van der Waals surface area contributed by atoms with E-state index in [1.165, 1.54) is 0 Å². The van der Waals surface area contributed by atoms with Crippen LogP contribution in [0.3, 0.4) is 0 Å². The monoisotopic (exact) mass is 427 g/mol. The van der Waals surface area contributed by atoms with Crippen molar-refractivity contribution in [1.82, 2.24) is 0 Å². The number of nitrogens with zero attached hydrogens (tertiary/aromatic N) is 1. The molecular formula is C27H23ClNP. The van der Waals surface area contributed by atoms with Gasteiger partial charge in [-0.1, -0.05) is 0 Å². The molecule has 0 unspecified atom stereocenters. The summed E-state index contributed by atoms with van der Waals surface area (Å²) in [5.74, 6) is -3.34. The Morgan fingerprint density at radius 1 is 0.600 bits per heavy atom. The average molecular weight is 428 g/mol. The van der Waals surface area contributed by atoms with Crippen LogP contribution in [0.4, 0.5) is 0 Å². The molecule has 0 fully saturated rings. The van der Waals surface area contributed by atoms with Gasteiger partial charge < -0.3 is 0 Å². The van der Waals surface area contributed by atoms with Gasteiger partial charge in [-0.3, -0.25) is 0 Å². The molecule has 0 atom stereocenters. The van der Waals surface area contributed by atoms with Crippen LogP contribution in [0.15, 0.2) is 115 Å². The second-order valence-electron chi connectivity index (χ2n) is 7.50. The van der Waals surface area contributed by atoms with Crippen molar-refractivity contribution in [2.45, 2.75) is 12.6 Å². The van der Waals surface area contributed by atoms with E-state index in [2.05, 4.69) is 91.0 Å². The molecule has 4 aromatic carbocycles. The summed E-state index contributed by atoms with van der Waals surface area (Å²) in [5, 5.41) is 12.6. The van der Waals surface area contributed by atoms with Crippen molar-refractivity contribution in [3.63, 3.8) is 0 Å². The number of benzene rings is 4. The molecule has 0 amide bonds. The van der Waals surface area contributed by atoms with Crippen molar-refractivity contribution in [1.29, 1.82) is 5.26 Å². The molecule has 1 nitrogen and oxygen atoms in total. The minimum atomic E-state index is -3.34. The predicted molar refractivity (Wildman–Crippen MR) is 130 cm³/mol. The molecule has 0 bridgehead atoms. The first-order valence-corrected chi connectivity index (χ1v) is 13.3. The van der Waals surface area contributed by atoms with E-state index in [0.717, 1.165) is 27.0 Å². The fraction of sp³-hybridized carbons (Fsp3) is 0.0741. The fourth-order valence-corrected chi connectivity index (χ4v) is 10.3. The molecule has 0 aromatic heterocycles. The van der Waals surface area contributed by atoms with Crippen LogP contribution in [0, 0.1) is 11.3 Å². The third kappa shape index (κ3) is 3.54. The van der Waals surface area contributed by atoms with Crippen molar-refractivity contribution in [3.8, 4) is 6.07 Å². The maximum atomic E-state index is 9.16. The molecular weight excluding hydrogens is 405 g/mol. The van der Waals surface area contributed by atoms with E-state index >= 15 is 0 Å². The van der Waals surface area contributed by atoms with Crippen LogP contribution in [-0.2, 0) is 12.6 Å². The van der Waals surface area contributed by atoms with Gasteiger partial charge in [-0.25, -0.2) is 0 Å². The Hall–Kier alpha value is -2.91. The van der Waals surface area contributed by atoms with Gasteiger partial charge in [0.2, 0.25) is 0 Å². The van der Waals surface area contributed by atoms with Gasteiger partial charge in [0.25, 0.3) is 0 Å². The Bertz CT molecular complexity index is 1070. The molecule has 0 saturated carbocycles. The molecule has 0 saturated heterocycles. The van der Waals surface area contributed by atoms with E-state index < -0.39 is 5.96 Å². The Morgan fingerprint density at radius 3 is 1.47 bits per heavy atom. The molecule has 0 N–H and O–H groups in total. The van der Waals surface area contributed by atoms with Gasteiger partial charge in [0, 0.05) is 0 Å². The predicted octanol–water partition coefficient (Wildman–Crippen LogP) is 5.94. The van der Waals surface area contributed by atoms with Crippen molar-refractivity contribution in [3.05, 3.63) is 126 Å². The molecule has 30 heavy (non-hydrogen) atoms. The Labute approximate surface area is 183 Å². The van der Waals surface area contributed by atoms with E-state index in [4.69, 9.17) is 16.5 Å². The summed E-state index contributed by atoms with van der Waals surface area (Å²) in [5.41, 5.74) is 2.16. The maximum absolute atomic E-state index is 9.16. The number of nitriles is 1. The van der Waals surface area contributed by atoms with Gasteiger partial charge in [-0.05, 0) is 0 Å². The van der Waals surface area contributed by atoms with Gasteiger partial charge in [0.1, 0.15) is 0 Å². The molecule has 4 rings (SSSR count). The van der Waals surface area contributed by atoms with E-state index in [9.17, 15) is 0 Å². The van der Waals surface area contributed by atoms with E-state index in [-0.39, 0.29) is 0 Å². The topological polar surface area (TPSA) is 23.8 Å². The van der Waals surface area contributed by atoms with Crippen molar-refractivity contribution in [2.75, 3.05) is 0 Å². The van der Waals surface area contributed by atoms with Crippen molar-refractivity contribution in [2.24, 2.45) is 0 Å². The number of hydrogen-bond donors (Lipinski definition) is 0. The van der Waals surface area contributed by atoms with E-state index in [0.29, 0.717) is 12.6 Å². The second kappa shape index (κ2) is 8.45. The summed E-state index contributed by atoms with van der Waals surface area (Å²) in [6.45, 7) is 0. The van der Waals surface area contributed by atoms with Gasteiger partial charge in [-0.15, -0.1) is 0 Å². The first-order chi connectivity index (χ1) is 14.6. The van der Waals surface area contributed by atoms with Gasteiger partial charge >= 0.3 is 183 Å². The number of rotatable bonds is 6. The first-order valence-electron chi connectivity index (χ1n) is 9.99. The normalized spacial score (nSPS) is 12.5. The molecule has 0 spiro atoms. The molecule has 0 radical (unpaired) electrons. The van der Waals surface area contributed by atoms with Crippen LogP contribution in [0.2, 0.25) is 0 Å². The molecule has 0 aliphatic heterocycles. The van der Waals surface area contributed by atoms with Crippen molar-refractivity contribution < 1.29 is 0 Å². The second-order valence-corrected chi connectivity index (χ2v) is 14.0.